The molecule has 1 aliphatic heterocycles. The maximum absolute atomic E-state index is 13.0. The van der Waals surface area contributed by atoms with Crippen molar-refractivity contribution in [3.8, 4) is 11.4 Å². The molecular weight excluding hydrogens is 378 g/mol. The lowest BCUT2D eigenvalue weighted by Crippen LogP contribution is -2.25. The van der Waals surface area contributed by atoms with Gasteiger partial charge in [0.05, 0.1) is 24.3 Å². The van der Waals surface area contributed by atoms with Crippen LogP contribution in [0.25, 0.3) is 17.0 Å². The van der Waals surface area contributed by atoms with E-state index in [2.05, 4.69) is 30.1 Å². The van der Waals surface area contributed by atoms with Crippen LogP contribution in [0.3, 0.4) is 0 Å². The zero-order valence-corrected chi connectivity index (χ0v) is 17.0. The SMILES string of the molecule is CC1CC(c2cncn2C)=CC(C(=O)Nc2cccc(-c3nncn3C3CC3)c2)=N1. The lowest BCUT2D eigenvalue weighted by Gasteiger charge is -2.18. The Hall–Kier alpha value is -3.55. The Labute approximate surface area is 174 Å². The van der Waals surface area contributed by atoms with E-state index in [1.165, 1.54) is 0 Å². The van der Waals surface area contributed by atoms with Crippen LogP contribution >= 0.6 is 0 Å². The maximum Gasteiger partial charge on any atom is 0.273 e. The molecule has 1 N–H and O–H groups in total. The molecule has 1 aromatic carbocycles. The zero-order chi connectivity index (χ0) is 20.7. The fraction of sp³-hybridized carbons (Fsp3) is 0.318. The molecule has 1 aliphatic carbocycles. The summed E-state index contributed by atoms with van der Waals surface area (Å²) >= 11 is 0. The minimum absolute atomic E-state index is 0.0316. The summed E-state index contributed by atoms with van der Waals surface area (Å²) in [6.45, 7) is 2.02. The van der Waals surface area contributed by atoms with Crippen molar-refractivity contribution in [2.75, 3.05) is 5.32 Å². The third-order valence-electron chi connectivity index (χ3n) is 5.46. The molecule has 1 fully saturated rings. The Morgan fingerprint density at radius 2 is 2.10 bits per heavy atom. The van der Waals surface area contributed by atoms with Gasteiger partial charge in [-0.05, 0) is 50.0 Å². The Morgan fingerprint density at radius 1 is 1.23 bits per heavy atom. The first kappa shape index (κ1) is 18.5. The van der Waals surface area contributed by atoms with Crippen molar-refractivity contribution >= 4 is 22.9 Å². The lowest BCUT2D eigenvalue weighted by molar-refractivity contribution is -0.110. The van der Waals surface area contributed by atoms with Crippen LogP contribution < -0.4 is 5.32 Å². The summed E-state index contributed by atoms with van der Waals surface area (Å²) in [5.74, 6) is 0.609. The average molecular weight is 401 g/mol. The number of anilines is 1. The Bertz CT molecular complexity index is 1170. The van der Waals surface area contributed by atoms with Crippen molar-refractivity contribution in [3.05, 3.63) is 54.9 Å². The van der Waals surface area contributed by atoms with Gasteiger partial charge in [0.25, 0.3) is 5.91 Å². The highest BCUT2D eigenvalue weighted by atomic mass is 16.1. The van der Waals surface area contributed by atoms with Crippen molar-refractivity contribution in [1.29, 1.82) is 0 Å². The fourth-order valence-electron chi connectivity index (χ4n) is 3.83. The first-order valence-corrected chi connectivity index (χ1v) is 10.1. The van der Waals surface area contributed by atoms with Gasteiger partial charge in [-0.3, -0.25) is 9.79 Å². The van der Waals surface area contributed by atoms with Crippen molar-refractivity contribution in [2.24, 2.45) is 12.0 Å². The van der Waals surface area contributed by atoms with Crippen molar-refractivity contribution in [1.82, 2.24) is 24.3 Å². The van der Waals surface area contributed by atoms with E-state index in [0.29, 0.717) is 17.4 Å². The molecular formula is C22H23N7O. The highest BCUT2D eigenvalue weighted by Gasteiger charge is 2.26. The summed E-state index contributed by atoms with van der Waals surface area (Å²) in [6.07, 6.45) is 10.3. The van der Waals surface area contributed by atoms with E-state index in [4.69, 9.17) is 0 Å². The summed E-state index contributed by atoms with van der Waals surface area (Å²) in [5, 5.41) is 11.3. The van der Waals surface area contributed by atoms with Gasteiger partial charge in [0.1, 0.15) is 12.0 Å². The van der Waals surface area contributed by atoms with Gasteiger partial charge in [-0.15, -0.1) is 10.2 Å². The van der Waals surface area contributed by atoms with Gasteiger partial charge in [-0.1, -0.05) is 12.1 Å². The van der Waals surface area contributed by atoms with Crippen LogP contribution in [0.1, 0.15) is 37.9 Å². The first-order valence-electron chi connectivity index (χ1n) is 10.1. The Morgan fingerprint density at radius 3 is 2.87 bits per heavy atom. The smallest absolute Gasteiger partial charge is 0.273 e. The molecule has 1 amide bonds. The quantitative estimate of drug-likeness (QED) is 0.710. The summed E-state index contributed by atoms with van der Waals surface area (Å²) in [5.41, 5.74) is 4.13. The molecule has 30 heavy (non-hydrogen) atoms. The number of imidazole rings is 1. The topological polar surface area (TPSA) is 90.0 Å². The van der Waals surface area contributed by atoms with Crippen molar-refractivity contribution < 1.29 is 4.79 Å². The minimum atomic E-state index is -0.220. The Balaban J connectivity index is 1.38. The zero-order valence-electron chi connectivity index (χ0n) is 17.0. The van der Waals surface area contributed by atoms with Crippen LogP contribution in [-0.4, -0.2) is 42.0 Å². The third-order valence-corrected chi connectivity index (χ3v) is 5.46. The van der Waals surface area contributed by atoms with Gasteiger partial charge >= 0.3 is 0 Å². The highest BCUT2D eigenvalue weighted by Crippen LogP contribution is 2.37. The van der Waals surface area contributed by atoms with Gasteiger partial charge in [-0.2, -0.15) is 0 Å². The van der Waals surface area contributed by atoms with Crippen LogP contribution in [0.15, 0.2) is 54.2 Å². The second-order valence-electron chi connectivity index (χ2n) is 7.95. The number of hydrogen-bond donors (Lipinski definition) is 1. The number of dihydropyridines is 1. The van der Waals surface area contributed by atoms with Crippen LogP contribution in [0.4, 0.5) is 5.69 Å². The molecule has 3 heterocycles. The number of carbonyl (C=O) groups excluding carboxylic acids is 1. The molecule has 3 aromatic rings. The second-order valence-corrected chi connectivity index (χ2v) is 7.95. The predicted octanol–water partition coefficient (Wildman–Crippen LogP) is 3.27. The number of rotatable bonds is 5. The standard InChI is InChI=1S/C22H23N7O/c1-14-8-16(20-11-23-12-28(20)2)10-19(25-14)22(30)26-17-5-3-4-15(9-17)21-27-24-13-29(21)18-6-7-18/h3-5,9-14,18H,6-8H2,1-2H3,(H,26,30). The van der Waals surface area contributed by atoms with Gasteiger partial charge in [0.15, 0.2) is 5.82 Å². The van der Waals surface area contributed by atoms with E-state index in [9.17, 15) is 4.79 Å². The van der Waals surface area contributed by atoms with Gasteiger partial charge in [0, 0.05) is 24.3 Å². The van der Waals surface area contributed by atoms with Crippen LogP contribution in [0.5, 0.6) is 0 Å². The third kappa shape index (κ3) is 3.56. The molecule has 1 unspecified atom stereocenters. The van der Waals surface area contributed by atoms with Crippen LogP contribution in [-0.2, 0) is 11.8 Å². The van der Waals surface area contributed by atoms with Crippen molar-refractivity contribution in [2.45, 2.75) is 38.3 Å². The maximum atomic E-state index is 13.0. The molecule has 0 saturated heterocycles. The minimum Gasteiger partial charge on any atom is -0.334 e. The molecule has 5 rings (SSSR count). The molecule has 0 spiro atoms. The van der Waals surface area contributed by atoms with E-state index in [1.807, 2.05) is 55.1 Å². The average Bonchev–Trinajstić information content (AvgIpc) is 3.29. The number of amides is 1. The monoisotopic (exact) mass is 401 g/mol. The Kier molecular flexibility index (Phi) is 4.54. The van der Waals surface area contributed by atoms with E-state index in [1.54, 1.807) is 12.7 Å². The summed E-state index contributed by atoms with van der Waals surface area (Å²) in [7, 11) is 1.95. The molecule has 0 bridgehead atoms. The van der Waals surface area contributed by atoms with Crippen LogP contribution in [0.2, 0.25) is 0 Å². The number of aromatic nitrogens is 5. The normalized spacial score (nSPS) is 18.7. The first-order chi connectivity index (χ1) is 14.6. The molecule has 8 heteroatoms. The molecule has 2 aromatic heterocycles. The summed E-state index contributed by atoms with van der Waals surface area (Å²) in [6, 6.07) is 8.22. The lowest BCUT2D eigenvalue weighted by atomic mass is 9.99. The van der Waals surface area contributed by atoms with E-state index < -0.39 is 0 Å². The largest absolute Gasteiger partial charge is 0.334 e. The van der Waals surface area contributed by atoms with Gasteiger partial charge < -0.3 is 14.5 Å². The second kappa shape index (κ2) is 7.37. The molecule has 1 atom stereocenters. The number of aliphatic imine (C=N–C) groups is 1. The molecule has 1 saturated carbocycles. The van der Waals surface area contributed by atoms with E-state index >= 15 is 0 Å². The number of aryl methyl sites for hydroxylation is 1. The number of nitrogens with zero attached hydrogens (tertiary/aromatic N) is 6. The fourth-order valence-corrected chi connectivity index (χ4v) is 3.83. The molecule has 8 nitrogen and oxygen atoms in total. The number of nitrogens with one attached hydrogen (secondary N) is 1. The van der Waals surface area contributed by atoms with E-state index in [-0.39, 0.29) is 11.9 Å². The summed E-state index contributed by atoms with van der Waals surface area (Å²) in [4.78, 5) is 21.7. The summed E-state index contributed by atoms with van der Waals surface area (Å²) < 4.78 is 4.07. The molecule has 2 aliphatic rings. The number of benzene rings is 1. The van der Waals surface area contributed by atoms with Gasteiger partial charge in [-0.25, -0.2) is 4.98 Å². The number of carbonyl (C=O) groups is 1. The van der Waals surface area contributed by atoms with E-state index in [0.717, 1.165) is 41.9 Å². The molecule has 152 valence electrons. The number of hydrogen-bond acceptors (Lipinski definition) is 5. The van der Waals surface area contributed by atoms with Crippen molar-refractivity contribution in [3.63, 3.8) is 0 Å². The van der Waals surface area contributed by atoms with Gasteiger partial charge in [0.2, 0.25) is 0 Å². The van der Waals surface area contributed by atoms with Crippen LogP contribution in [0, 0.1) is 0 Å². The predicted molar refractivity (Wildman–Crippen MR) is 115 cm³/mol. The molecule has 0 radical (unpaired) electrons. The highest BCUT2D eigenvalue weighted by molar-refractivity contribution is 6.48.